The van der Waals surface area contributed by atoms with Gasteiger partial charge in [0.15, 0.2) is 0 Å². The van der Waals surface area contributed by atoms with Crippen LogP contribution in [0.2, 0.25) is 0 Å². The van der Waals surface area contributed by atoms with Crippen molar-refractivity contribution in [2.75, 3.05) is 24.7 Å². The third-order valence-corrected chi connectivity index (χ3v) is 3.78. The van der Waals surface area contributed by atoms with E-state index < -0.39 is 10.8 Å². The molecule has 1 unspecified atom stereocenters. The van der Waals surface area contributed by atoms with Crippen LogP contribution in [-0.2, 0) is 15.5 Å². The van der Waals surface area contributed by atoms with Crippen LogP contribution in [0, 0.1) is 12.8 Å². The van der Waals surface area contributed by atoms with Gasteiger partial charge < -0.3 is 10.5 Å². The largest absolute Gasteiger partial charge is 0.398 e. The number of hydrogen-bond donors (Lipinski definition) is 1. The van der Waals surface area contributed by atoms with Gasteiger partial charge in [-0.25, -0.2) is 0 Å². The van der Waals surface area contributed by atoms with Crippen LogP contribution in [0.25, 0.3) is 0 Å². The minimum atomic E-state index is -1.07. The molecule has 0 fully saturated rings. The van der Waals surface area contributed by atoms with E-state index in [2.05, 4.69) is 13.8 Å². The van der Waals surface area contributed by atoms with E-state index >= 15 is 0 Å². The molecular weight excluding hydrogens is 234 g/mol. The lowest BCUT2D eigenvalue weighted by atomic mass is 10.2. The van der Waals surface area contributed by atoms with Crippen molar-refractivity contribution in [2.24, 2.45) is 5.92 Å². The molecule has 1 aromatic rings. The van der Waals surface area contributed by atoms with Crippen molar-refractivity contribution in [3.8, 4) is 0 Å². The summed E-state index contributed by atoms with van der Waals surface area (Å²) >= 11 is 0. The van der Waals surface area contributed by atoms with Gasteiger partial charge in [0.2, 0.25) is 0 Å². The van der Waals surface area contributed by atoms with E-state index in [0.717, 1.165) is 10.5 Å². The summed E-state index contributed by atoms with van der Waals surface area (Å²) in [6.45, 7) is 7.33. The molecule has 0 saturated carbocycles. The van der Waals surface area contributed by atoms with E-state index in [1.54, 1.807) is 0 Å². The minimum Gasteiger partial charge on any atom is -0.398 e. The molecule has 0 saturated heterocycles. The molecule has 0 spiro atoms. The standard InChI is InChI=1S/C13H21NO2S/c1-10(2)9-16-7-8-17(15)12-6-4-5-11(3)13(12)14/h4-6,10H,7-9,14H2,1-3H3. The average molecular weight is 255 g/mol. The van der Waals surface area contributed by atoms with E-state index in [4.69, 9.17) is 10.5 Å². The molecule has 17 heavy (non-hydrogen) atoms. The Kier molecular flexibility index (Phi) is 5.65. The van der Waals surface area contributed by atoms with Crippen LogP contribution < -0.4 is 5.73 Å². The van der Waals surface area contributed by atoms with Gasteiger partial charge in [0, 0.05) is 6.61 Å². The minimum absolute atomic E-state index is 0.500. The average Bonchev–Trinajstić information content (AvgIpc) is 2.27. The van der Waals surface area contributed by atoms with Gasteiger partial charge in [-0.05, 0) is 24.5 Å². The quantitative estimate of drug-likeness (QED) is 0.627. The Hall–Kier alpha value is -0.870. The number of anilines is 1. The Bertz CT molecular complexity index is 391. The number of nitrogen functional groups attached to an aromatic ring is 1. The highest BCUT2D eigenvalue weighted by Crippen LogP contribution is 2.20. The topological polar surface area (TPSA) is 52.3 Å². The van der Waals surface area contributed by atoms with Gasteiger partial charge in [-0.1, -0.05) is 26.0 Å². The van der Waals surface area contributed by atoms with E-state index in [-0.39, 0.29) is 0 Å². The SMILES string of the molecule is Cc1cccc(S(=O)CCOCC(C)C)c1N. The molecule has 1 aromatic carbocycles. The van der Waals surface area contributed by atoms with Crippen LogP contribution in [0.15, 0.2) is 23.1 Å². The van der Waals surface area contributed by atoms with Crippen molar-refractivity contribution >= 4 is 16.5 Å². The second-order valence-corrected chi connectivity index (χ2v) is 6.04. The maximum Gasteiger partial charge on any atom is 0.0620 e. The molecule has 96 valence electrons. The lowest BCUT2D eigenvalue weighted by Crippen LogP contribution is -2.11. The summed E-state index contributed by atoms with van der Waals surface area (Å²) in [5.41, 5.74) is 7.51. The lowest BCUT2D eigenvalue weighted by molar-refractivity contribution is 0.123. The smallest absolute Gasteiger partial charge is 0.0620 e. The molecular formula is C13H21NO2S. The number of rotatable bonds is 6. The summed E-state index contributed by atoms with van der Waals surface area (Å²) in [7, 11) is -1.07. The summed E-state index contributed by atoms with van der Waals surface area (Å²) in [5, 5.41) is 0. The second kappa shape index (κ2) is 6.77. The van der Waals surface area contributed by atoms with Crippen LogP contribution in [0.4, 0.5) is 5.69 Å². The fourth-order valence-electron chi connectivity index (χ4n) is 1.42. The van der Waals surface area contributed by atoms with Crippen molar-refractivity contribution < 1.29 is 8.95 Å². The Labute approximate surface area is 106 Å². The van der Waals surface area contributed by atoms with Crippen LogP contribution in [-0.4, -0.2) is 23.2 Å². The molecule has 0 bridgehead atoms. The predicted molar refractivity (Wildman–Crippen MR) is 72.5 cm³/mol. The van der Waals surface area contributed by atoms with Crippen LogP contribution >= 0.6 is 0 Å². The molecule has 4 heteroatoms. The third kappa shape index (κ3) is 4.48. The Morgan fingerprint density at radius 2 is 2.12 bits per heavy atom. The Morgan fingerprint density at radius 1 is 1.41 bits per heavy atom. The first-order chi connectivity index (χ1) is 8.02. The zero-order valence-corrected chi connectivity index (χ0v) is 11.5. The van der Waals surface area contributed by atoms with Crippen molar-refractivity contribution in [1.29, 1.82) is 0 Å². The zero-order valence-electron chi connectivity index (χ0n) is 10.7. The number of nitrogens with two attached hydrogens (primary N) is 1. The van der Waals surface area contributed by atoms with Gasteiger partial charge >= 0.3 is 0 Å². The summed E-state index contributed by atoms with van der Waals surface area (Å²) < 4.78 is 17.4. The van der Waals surface area contributed by atoms with E-state index in [1.807, 2.05) is 25.1 Å². The second-order valence-electron chi connectivity index (χ2n) is 4.51. The maximum absolute atomic E-state index is 12.0. The normalized spacial score (nSPS) is 12.9. The Balaban J connectivity index is 2.50. The fourth-order valence-corrected chi connectivity index (χ4v) is 2.54. The van der Waals surface area contributed by atoms with Crippen molar-refractivity contribution in [1.82, 2.24) is 0 Å². The first kappa shape index (κ1) is 14.2. The van der Waals surface area contributed by atoms with Gasteiger partial charge in [0.05, 0.1) is 33.7 Å². The summed E-state index contributed by atoms with van der Waals surface area (Å²) in [5.74, 6) is 1.01. The van der Waals surface area contributed by atoms with Gasteiger partial charge in [0.1, 0.15) is 0 Å². The van der Waals surface area contributed by atoms with Crippen molar-refractivity contribution in [3.05, 3.63) is 23.8 Å². The van der Waals surface area contributed by atoms with Crippen LogP contribution in [0.1, 0.15) is 19.4 Å². The molecule has 0 aliphatic carbocycles. The lowest BCUT2D eigenvalue weighted by Gasteiger charge is -2.09. The molecule has 0 aliphatic heterocycles. The van der Waals surface area contributed by atoms with E-state index in [9.17, 15) is 4.21 Å². The maximum atomic E-state index is 12.0. The predicted octanol–water partition coefficient (Wildman–Crippen LogP) is 2.36. The van der Waals surface area contributed by atoms with Gasteiger partial charge in [-0.3, -0.25) is 4.21 Å². The third-order valence-electron chi connectivity index (χ3n) is 2.39. The number of ether oxygens (including phenoxy) is 1. The highest BCUT2D eigenvalue weighted by molar-refractivity contribution is 7.85. The van der Waals surface area contributed by atoms with E-state index in [0.29, 0.717) is 30.6 Å². The zero-order chi connectivity index (χ0) is 12.8. The molecule has 1 rings (SSSR count). The number of hydrogen-bond acceptors (Lipinski definition) is 3. The first-order valence-electron chi connectivity index (χ1n) is 5.83. The molecule has 2 N–H and O–H groups in total. The molecule has 0 amide bonds. The highest BCUT2D eigenvalue weighted by atomic mass is 32.2. The highest BCUT2D eigenvalue weighted by Gasteiger charge is 2.09. The summed E-state index contributed by atoms with van der Waals surface area (Å²) in [6.07, 6.45) is 0. The van der Waals surface area contributed by atoms with E-state index in [1.165, 1.54) is 0 Å². The first-order valence-corrected chi connectivity index (χ1v) is 7.15. The molecule has 0 heterocycles. The number of aryl methyl sites for hydroxylation is 1. The molecule has 1 atom stereocenters. The van der Waals surface area contributed by atoms with Gasteiger partial charge in [-0.2, -0.15) is 0 Å². The van der Waals surface area contributed by atoms with Crippen LogP contribution in [0.3, 0.4) is 0 Å². The van der Waals surface area contributed by atoms with Crippen molar-refractivity contribution in [2.45, 2.75) is 25.7 Å². The fraction of sp³-hybridized carbons (Fsp3) is 0.538. The molecule has 0 aromatic heterocycles. The molecule has 0 radical (unpaired) electrons. The molecule has 3 nitrogen and oxygen atoms in total. The van der Waals surface area contributed by atoms with Gasteiger partial charge in [0.25, 0.3) is 0 Å². The van der Waals surface area contributed by atoms with Crippen LogP contribution in [0.5, 0.6) is 0 Å². The Morgan fingerprint density at radius 3 is 2.76 bits per heavy atom. The summed E-state index contributed by atoms with van der Waals surface area (Å²) in [6, 6.07) is 5.63. The molecule has 0 aliphatic rings. The monoisotopic (exact) mass is 255 g/mol. The van der Waals surface area contributed by atoms with Gasteiger partial charge in [-0.15, -0.1) is 0 Å². The number of para-hydroxylation sites is 1. The van der Waals surface area contributed by atoms with Crippen molar-refractivity contribution in [3.63, 3.8) is 0 Å². The summed E-state index contributed by atoms with van der Waals surface area (Å²) in [4.78, 5) is 0.721. The number of benzene rings is 1.